The summed E-state index contributed by atoms with van der Waals surface area (Å²) in [4.78, 5) is -0.00352. The first kappa shape index (κ1) is 12.3. The molecule has 0 amide bonds. The average molecular weight is 292 g/mol. The molecule has 0 radical (unpaired) electrons. The molecule has 1 aromatic carbocycles. The molecule has 0 saturated carbocycles. The van der Waals surface area contributed by atoms with Gasteiger partial charge in [0, 0.05) is 16.1 Å². The van der Waals surface area contributed by atoms with Crippen LogP contribution in [-0.2, 0) is 10.0 Å². The Kier molecular flexibility index (Phi) is 3.33. The molecular weight excluding hydrogens is 285 g/mol. The molecule has 1 heterocycles. The van der Waals surface area contributed by atoms with E-state index >= 15 is 0 Å². The summed E-state index contributed by atoms with van der Waals surface area (Å²) < 4.78 is 31.0. The Morgan fingerprint density at radius 1 is 1.12 bits per heavy atom. The maximum atomic E-state index is 11.9. The molecule has 0 saturated heterocycles. The predicted octanol–water partition coefficient (Wildman–Crippen LogP) is 3.39. The van der Waals surface area contributed by atoms with Gasteiger partial charge in [-0.15, -0.1) is 0 Å². The van der Waals surface area contributed by atoms with E-state index in [0.717, 1.165) is 0 Å². The fourth-order valence-corrected chi connectivity index (χ4v) is 2.98. The van der Waals surface area contributed by atoms with Crippen LogP contribution < -0.4 is 4.72 Å². The third-order valence-corrected chi connectivity index (χ3v) is 3.72. The van der Waals surface area contributed by atoms with E-state index in [4.69, 9.17) is 27.6 Å². The lowest BCUT2D eigenvalue weighted by atomic mass is 10.4. The zero-order chi connectivity index (χ0) is 12.5. The zero-order valence-electron chi connectivity index (χ0n) is 8.35. The van der Waals surface area contributed by atoms with Crippen LogP contribution in [0.15, 0.2) is 46.1 Å². The number of rotatable bonds is 3. The minimum atomic E-state index is -3.71. The first-order valence-corrected chi connectivity index (χ1v) is 6.72. The van der Waals surface area contributed by atoms with Crippen LogP contribution >= 0.6 is 23.2 Å². The van der Waals surface area contributed by atoms with E-state index < -0.39 is 10.0 Å². The van der Waals surface area contributed by atoms with Gasteiger partial charge in [0.2, 0.25) is 0 Å². The fraction of sp³-hybridized carbons (Fsp3) is 0. The lowest BCUT2D eigenvalue weighted by molar-refractivity contribution is 0.567. The van der Waals surface area contributed by atoms with Crippen LogP contribution in [-0.4, -0.2) is 8.42 Å². The third-order valence-electron chi connectivity index (χ3n) is 1.92. The standard InChI is InChI=1S/C10H7Cl2NO3S/c11-7-3-8(12)5-10(4-7)17(14,15)13-9-1-2-16-6-9/h1-6,13H. The number of furan rings is 1. The Morgan fingerprint density at radius 3 is 2.29 bits per heavy atom. The maximum Gasteiger partial charge on any atom is 0.262 e. The molecule has 0 bridgehead atoms. The van der Waals surface area contributed by atoms with Crippen LogP contribution in [0.4, 0.5) is 5.69 Å². The van der Waals surface area contributed by atoms with Crippen LogP contribution in [0.5, 0.6) is 0 Å². The molecule has 1 aromatic heterocycles. The molecule has 17 heavy (non-hydrogen) atoms. The highest BCUT2D eigenvalue weighted by Crippen LogP contribution is 2.24. The maximum absolute atomic E-state index is 11.9. The van der Waals surface area contributed by atoms with Crippen molar-refractivity contribution in [3.8, 4) is 0 Å². The third kappa shape index (κ3) is 2.94. The number of hydrogen-bond donors (Lipinski definition) is 1. The Balaban J connectivity index is 2.38. The summed E-state index contributed by atoms with van der Waals surface area (Å²) >= 11 is 11.5. The number of nitrogens with one attached hydrogen (secondary N) is 1. The molecule has 0 unspecified atom stereocenters. The zero-order valence-corrected chi connectivity index (χ0v) is 10.7. The first-order chi connectivity index (χ1) is 7.97. The van der Waals surface area contributed by atoms with Gasteiger partial charge >= 0.3 is 0 Å². The molecule has 0 aliphatic heterocycles. The van der Waals surface area contributed by atoms with Crippen molar-refractivity contribution in [3.05, 3.63) is 46.8 Å². The summed E-state index contributed by atoms with van der Waals surface area (Å²) in [6.07, 6.45) is 2.65. The van der Waals surface area contributed by atoms with Crippen LogP contribution in [0.3, 0.4) is 0 Å². The van der Waals surface area contributed by atoms with Crippen molar-refractivity contribution in [3.63, 3.8) is 0 Å². The van der Waals surface area contributed by atoms with Gasteiger partial charge in [-0.25, -0.2) is 8.42 Å². The van der Waals surface area contributed by atoms with Gasteiger partial charge in [0.1, 0.15) is 6.26 Å². The summed E-state index contributed by atoms with van der Waals surface area (Å²) in [5.74, 6) is 0. The second-order valence-corrected chi connectivity index (χ2v) is 5.78. The Morgan fingerprint density at radius 2 is 1.76 bits per heavy atom. The molecule has 2 aromatic rings. The molecule has 2 rings (SSSR count). The lowest BCUT2D eigenvalue weighted by Gasteiger charge is -2.06. The second kappa shape index (κ2) is 4.60. The first-order valence-electron chi connectivity index (χ1n) is 4.48. The monoisotopic (exact) mass is 291 g/mol. The highest BCUT2D eigenvalue weighted by molar-refractivity contribution is 7.92. The van der Waals surface area contributed by atoms with Gasteiger partial charge in [-0.3, -0.25) is 4.72 Å². The topological polar surface area (TPSA) is 59.3 Å². The van der Waals surface area contributed by atoms with Crippen LogP contribution in [0.1, 0.15) is 0 Å². The number of hydrogen-bond acceptors (Lipinski definition) is 3. The van der Waals surface area contributed by atoms with E-state index in [0.29, 0.717) is 5.69 Å². The number of anilines is 1. The van der Waals surface area contributed by atoms with Crippen molar-refractivity contribution in [1.29, 1.82) is 0 Å². The van der Waals surface area contributed by atoms with Crippen molar-refractivity contribution < 1.29 is 12.8 Å². The van der Waals surface area contributed by atoms with Gasteiger partial charge in [0.05, 0.1) is 16.8 Å². The molecule has 0 aliphatic carbocycles. The summed E-state index contributed by atoms with van der Waals surface area (Å²) in [5.41, 5.74) is 0.334. The van der Waals surface area contributed by atoms with E-state index in [1.54, 1.807) is 0 Å². The Labute approximate surface area is 108 Å². The molecule has 90 valence electrons. The summed E-state index contributed by atoms with van der Waals surface area (Å²) in [7, 11) is -3.71. The van der Waals surface area contributed by atoms with E-state index in [2.05, 4.69) is 4.72 Å². The predicted molar refractivity (Wildman–Crippen MR) is 66.0 cm³/mol. The van der Waals surface area contributed by atoms with Crippen molar-refractivity contribution in [2.24, 2.45) is 0 Å². The molecule has 7 heteroatoms. The Bertz CT molecular complexity index is 603. The van der Waals surface area contributed by atoms with E-state index in [1.165, 1.54) is 36.8 Å². The van der Waals surface area contributed by atoms with Crippen LogP contribution in [0.2, 0.25) is 10.0 Å². The van der Waals surface area contributed by atoms with E-state index in [-0.39, 0.29) is 14.9 Å². The Hall–Kier alpha value is -1.17. The number of benzene rings is 1. The average Bonchev–Trinajstić information content (AvgIpc) is 2.68. The van der Waals surface area contributed by atoms with Crippen molar-refractivity contribution in [2.75, 3.05) is 4.72 Å². The van der Waals surface area contributed by atoms with Crippen LogP contribution in [0.25, 0.3) is 0 Å². The molecule has 4 nitrogen and oxygen atoms in total. The van der Waals surface area contributed by atoms with Crippen molar-refractivity contribution in [2.45, 2.75) is 4.90 Å². The normalized spacial score (nSPS) is 11.4. The summed E-state index contributed by atoms with van der Waals surface area (Å²) in [5, 5.41) is 0.509. The quantitative estimate of drug-likeness (QED) is 0.943. The SMILES string of the molecule is O=S(=O)(Nc1ccoc1)c1cc(Cl)cc(Cl)c1. The van der Waals surface area contributed by atoms with Gasteiger partial charge in [-0.2, -0.15) is 0 Å². The van der Waals surface area contributed by atoms with Gasteiger partial charge in [-0.05, 0) is 18.2 Å². The molecule has 0 spiro atoms. The molecule has 0 aliphatic rings. The highest BCUT2D eigenvalue weighted by atomic mass is 35.5. The van der Waals surface area contributed by atoms with Crippen molar-refractivity contribution >= 4 is 38.9 Å². The van der Waals surface area contributed by atoms with E-state index in [9.17, 15) is 8.42 Å². The summed E-state index contributed by atoms with van der Waals surface area (Å²) in [6.45, 7) is 0. The van der Waals surface area contributed by atoms with Crippen LogP contribution in [0, 0.1) is 0 Å². The highest BCUT2D eigenvalue weighted by Gasteiger charge is 2.16. The van der Waals surface area contributed by atoms with Gasteiger partial charge in [0.25, 0.3) is 10.0 Å². The van der Waals surface area contributed by atoms with Crippen molar-refractivity contribution in [1.82, 2.24) is 0 Å². The minimum Gasteiger partial charge on any atom is -0.470 e. The lowest BCUT2D eigenvalue weighted by Crippen LogP contribution is -2.12. The number of sulfonamides is 1. The fourth-order valence-electron chi connectivity index (χ4n) is 1.22. The van der Waals surface area contributed by atoms with Gasteiger partial charge in [0.15, 0.2) is 0 Å². The molecule has 0 fully saturated rings. The smallest absolute Gasteiger partial charge is 0.262 e. The van der Waals surface area contributed by atoms with Gasteiger partial charge in [-0.1, -0.05) is 23.2 Å². The number of halogens is 2. The molecular formula is C10H7Cl2NO3S. The van der Waals surface area contributed by atoms with Gasteiger partial charge < -0.3 is 4.42 Å². The molecule has 1 N–H and O–H groups in total. The largest absolute Gasteiger partial charge is 0.470 e. The molecule has 0 atom stereocenters. The summed E-state index contributed by atoms with van der Waals surface area (Å²) in [6, 6.07) is 5.58. The minimum absolute atomic E-state index is 0.00352. The van der Waals surface area contributed by atoms with E-state index in [1.807, 2.05) is 0 Å². The second-order valence-electron chi connectivity index (χ2n) is 3.22.